The summed E-state index contributed by atoms with van der Waals surface area (Å²) in [5, 5.41) is 6.89. The molecule has 2 aromatic rings. The first kappa shape index (κ1) is 16.6. The van der Waals surface area contributed by atoms with Crippen LogP contribution >= 0.6 is 27.3 Å². The number of hydrogen-bond acceptors (Lipinski definition) is 4. The summed E-state index contributed by atoms with van der Waals surface area (Å²) >= 11 is 4.98. The van der Waals surface area contributed by atoms with E-state index in [0.717, 1.165) is 15.6 Å². The largest absolute Gasteiger partial charge is 0.316 e. The third-order valence-electron chi connectivity index (χ3n) is 3.07. The molecule has 114 valence electrons. The van der Waals surface area contributed by atoms with Crippen LogP contribution in [0.25, 0.3) is 0 Å². The Hall–Kier alpha value is -0.730. The van der Waals surface area contributed by atoms with Gasteiger partial charge in [-0.25, -0.2) is 13.1 Å². The highest BCUT2D eigenvalue weighted by molar-refractivity contribution is 9.10. The van der Waals surface area contributed by atoms with E-state index in [0.29, 0.717) is 23.5 Å². The van der Waals surface area contributed by atoms with Crippen LogP contribution < -0.4 is 10.0 Å². The Kier molecular flexibility index (Phi) is 5.56. The molecule has 0 bridgehead atoms. The Morgan fingerprint density at radius 3 is 2.62 bits per heavy atom. The van der Waals surface area contributed by atoms with E-state index < -0.39 is 10.0 Å². The SMILES string of the molecule is CNCc1cc(Br)c(C)c(S(=O)(=O)NCc2ccsc2)c1. The van der Waals surface area contributed by atoms with E-state index in [1.807, 2.05) is 29.9 Å². The van der Waals surface area contributed by atoms with Gasteiger partial charge in [0.15, 0.2) is 0 Å². The molecule has 0 saturated carbocycles. The molecule has 0 aliphatic carbocycles. The predicted octanol–water partition coefficient (Wildman–Crippen LogP) is 3.02. The summed E-state index contributed by atoms with van der Waals surface area (Å²) < 4.78 is 28.5. The lowest BCUT2D eigenvalue weighted by Crippen LogP contribution is -2.24. The van der Waals surface area contributed by atoms with Crippen molar-refractivity contribution in [3.8, 4) is 0 Å². The lowest BCUT2D eigenvalue weighted by Gasteiger charge is -2.12. The molecule has 0 amide bonds. The van der Waals surface area contributed by atoms with Gasteiger partial charge in [-0.2, -0.15) is 11.3 Å². The summed E-state index contributed by atoms with van der Waals surface area (Å²) in [7, 11) is -1.70. The fourth-order valence-electron chi connectivity index (χ4n) is 1.94. The summed E-state index contributed by atoms with van der Waals surface area (Å²) in [6, 6.07) is 5.56. The fourth-order valence-corrected chi connectivity index (χ4v) is 4.58. The molecule has 2 rings (SSSR count). The molecule has 21 heavy (non-hydrogen) atoms. The molecule has 0 fully saturated rings. The quantitative estimate of drug-likeness (QED) is 0.799. The summed E-state index contributed by atoms with van der Waals surface area (Å²) in [5.41, 5.74) is 2.60. The average molecular weight is 389 g/mol. The van der Waals surface area contributed by atoms with Gasteiger partial charge in [-0.1, -0.05) is 15.9 Å². The zero-order chi connectivity index (χ0) is 15.5. The predicted molar refractivity (Wildman–Crippen MR) is 90.0 cm³/mol. The van der Waals surface area contributed by atoms with Crippen molar-refractivity contribution in [3.05, 3.63) is 50.1 Å². The Morgan fingerprint density at radius 2 is 2.00 bits per heavy atom. The minimum absolute atomic E-state index is 0.305. The van der Waals surface area contributed by atoms with Crippen molar-refractivity contribution >= 4 is 37.3 Å². The van der Waals surface area contributed by atoms with Crippen LogP contribution in [-0.2, 0) is 23.1 Å². The summed E-state index contributed by atoms with van der Waals surface area (Å²) in [5.74, 6) is 0. The smallest absolute Gasteiger partial charge is 0.241 e. The van der Waals surface area contributed by atoms with E-state index in [2.05, 4.69) is 26.0 Å². The Morgan fingerprint density at radius 1 is 1.24 bits per heavy atom. The number of benzene rings is 1. The van der Waals surface area contributed by atoms with Crippen LogP contribution in [0, 0.1) is 6.92 Å². The average Bonchev–Trinajstić information content (AvgIpc) is 2.94. The molecule has 0 unspecified atom stereocenters. The van der Waals surface area contributed by atoms with Crippen LogP contribution in [0.2, 0.25) is 0 Å². The summed E-state index contributed by atoms with van der Waals surface area (Å²) in [4.78, 5) is 0.317. The second-order valence-electron chi connectivity index (χ2n) is 4.69. The Balaban J connectivity index is 2.30. The molecule has 7 heteroatoms. The molecule has 4 nitrogen and oxygen atoms in total. The Bertz CT molecular complexity index is 713. The number of hydrogen-bond donors (Lipinski definition) is 2. The molecular formula is C14H17BrN2O2S2. The van der Waals surface area contributed by atoms with Gasteiger partial charge < -0.3 is 5.32 Å². The maximum atomic E-state index is 12.5. The van der Waals surface area contributed by atoms with Crippen LogP contribution in [-0.4, -0.2) is 15.5 Å². The minimum Gasteiger partial charge on any atom is -0.316 e. The van der Waals surface area contributed by atoms with E-state index in [-0.39, 0.29) is 0 Å². The minimum atomic E-state index is -3.53. The number of halogens is 1. The van der Waals surface area contributed by atoms with E-state index in [1.54, 1.807) is 24.3 Å². The standard InChI is InChI=1S/C14H17BrN2O2S2/c1-10-13(15)5-12(7-16-2)6-14(10)21(18,19)17-8-11-3-4-20-9-11/h3-6,9,16-17H,7-8H2,1-2H3. The molecule has 0 aliphatic heterocycles. The topological polar surface area (TPSA) is 58.2 Å². The van der Waals surface area contributed by atoms with E-state index in [1.165, 1.54) is 0 Å². The van der Waals surface area contributed by atoms with E-state index >= 15 is 0 Å². The summed E-state index contributed by atoms with van der Waals surface area (Å²) in [6.45, 7) is 2.72. The molecule has 1 aromatic heterocycles. The molecule has 0 saturated heterocycles. The lowest BCUT2D eigenvalue weighted by molar-refractivity contribution is 0.580. The molecule has 0 atom stereocenters. The second-order valence-corrected chi connectivity index (χ2v) is 8.06. The molecular weight excluding hydrogens is 372 g/mol. The number of sulfonamides is 1. The van der Waals surface area contributed by atoms with Crippen LogP contribution in [0.4, 0.5) is 0 Å². The molecule has 0 radical (unpaired) electrons. The fraction of sp³-hybridized carbons (Fsp3) is 0.286. The highest BCUT2D eigenvalue weighted by Crippen LogP contribution is 2.26. The monoisotopic (exact) mass is 388 g/mol. The van der Waals surface area contributed by atoms with Crippen molar-refractivity contribution in [2.75, 3.05) is 7.05 Å². The van der Waals surface area contributed by atoms with E-state index in [4.69, 9.17) is 0 Å². The van der Waals surface area contributed by atoms with Crippen LogP contribution in [0.1, 0.15) is 16.7 Å². The number of nitrogens with one attached hydrogen (secondary N) is 2. The van der Waals surface area contributed by atoms with Gasteiger partial charge in [0.2, 0.25) is 10.0 Å². The van der Waals surface area contributed by atoms with E-state index in [9.17, 15) is 8.42 Å². The number of thiophene rings is 1. The van der Waals surface area contributed by atoms with Gasteiger partial charge in [-0.05, 0) is 59.6 Å². The van der Waals surface area contributed by atoms with Crippen LogP contribution in [0.3, 0.4) is 0 Å². The molecule has 0 aliphatic rings. The zero-order valence-electron chi connectivity index (χ0n) is 11.8. The van der Waals surface area contributed by atoms with Crippen LogP contribution in [0.15, 0.2) is 38.3 Å². The molecule has 0 spiro atoms. The normalized spacial score (nSPS) is 11.8. The second kappa shape index (κ2) is 7.02. The lowest BCUT2D eigenvalue weighted by atomic mass is 10.1. The van der Waals surface area contributed by atoms with Gasteiger partial charge in [0.05, 0.1) is 4.90 Å². The van der Waals surface area contributed by atoms with Crippen molar-refractivity contribution in [1.82, 2.24) is 10.0 Å². The van der Waals surface area contributed by atoms with Gasteiger partial charge >= 0.3 is 0 Å². The first-order valence-corrected chi connectivity index (χ1v) is 9.60. The van der Waals surface area contributed by atoms with Crippen molar-refractivity contribution in [3.63, 3.8) is 0 Å². The van der Waals surface area contributed by atoms with Gasteiger partial charge in [0.1, 0.15) is 0 Å². The molecule has 1 heterocycles. The van der Waals surface area contributed by atoms with Crippen molar-refractivity contribution < 1.29 is 8.42 Å². The van der Waals surface area contributed by atoms with Crippen LogP contribution in [0.5, 0.6) is 0 Å². The maximum Gasteiger partial charge on any atom is 0.241 e. The first-order chi connectivity index (χ1) is 9.94. The number of rotatable bonds is 6. The van der Waals surface area contributed by atoms with Gasteiger partial charge in [-0.15, -0.1) is 0 Å². The highest BCUT2D eigenvalue weighted by atomic mass is 79.9. The van der Waals surface area contributed by atoms with Gasteiger partial charge in [0.25, 0.3) is 0 Å². The highest BCUT2D eigenvalue weighted by Gasteiger charge is 2.19. The maximum absolute atomic E-state index is 12.5. The molecule has 2 N–H and O–H groups in total. The Labute approximate surface area is 137 Å². The summed E-state index contributed by atoms with van der Waals surface area (Å²) in [6.07, 6.45) is 0. The van der Waals surface area contributed by atoms with Gasteiger partial charge in [-0.3, -0.25) is 0 Å². The zero-order valence-corrected chi connectivity index (χ0v) is 15.0. The third kappa shape index (κ3) is 4.14. The van der Waals surface area contributed by atoms with Crippen molar-refractivity contribution in [2.24, 2.45) is 0 Å². The molecule has 1 aromatic carbocycles. The van der Waals surface area contributed by atoms with Crippen molar-refractivity contribution in [1.29, 1.82) is 0 Å². The third-order valence-corrected chi connectivity index (χ3v) is 6.16. The first-order valence-electron chi connectivity index (χ1n) is 6.38. The van der Waals surface area contributed by atoms with Gasteiger partial charge in [0, 0.05) is 17.6 Å². The van der Waals surface area contributed by atoms with Crippen molar-refractivity contribution in [2.45, 2.75) is 24.9 Å².